The Bertz CT molecular complexity index is 1090. The lowest BCUT2D eigenvalue weighted by molar-refractivity contribution is -0.163. The summed E-state index contributed by atoms with van der Waals surface area (Å²) < 4.78 is 36.4. The van der Waals surface area contributed by atoms with Crippen LogP contribution in [0.4, 0.5) is 0 Å². The summed E-state index contributed by atoms with van der Waals surface area (Å²) in [6.45, 7) is 8.99. The lowest BCUT2D eigenvalue weighted by Gasteiger charge is -2.41. The predicted octanol–water partition coefficient (Wildman–Crippen LogP) is 2.79. The van der Waals surface area contributed by atoms with E-state index in [4.69, 9.17) is 9.47 Å². The standard InChI is InChI=1S/C28H42N2O8S/c1-6-11-21(12-7-2)25(32)29-22(18-39(35,36)19-24(31)38-28(3,4)5)26(33)30-16-15-23(30)27(34)37-17-20-13-9-8-10-14-20/h8-10,13-14,21-23H,6-7,11-12,15-19H2,1-5H3,(H,29,32). The molecule has 2 atom stereocenters. The Morgan fingerprint density at radius 1 is 1.05 bits per heavy atom. The van der Waals surface area contributed by atoms with Crippen molar-refractivity contribution in [2.45, 2.75) is 91.0 Å². The first kappa shape index (κ1) is 32.3. The van der Waals surface area contributed by atoms with E-state index in [0.717, 1.165) is 18.4 Å². The molecule has 0 saturated carbocycles. The summed E-state index contributed by atoms with van der Waals surface area (Å²) in [4.78, 5) is 52.7. The van der Waals surface area contributed by atoms with Gasteiger partial charge in [0.15, 0.2) is 9.84 Å². The molecular weight excluding hydrogens is 524 g/mol. The molecule has 10 nitrogen and oxygen atoms in total. The highest BCUT2D eigenvalue weighted by molar-refractivity contribution is 7.92. The zero-order valence-corrected chi connectivity index (χ0v) is 24.4. The van der Waals surface area contributed by atoms with Gasteiger partial charge in [-0.05, 0) is 45.6 Å². The third kappa shape index (κ3) is 10.6. The second-order valence-corrected chi connectivity index (χ2v) is 13.0. The number of likely N-dealkylation sites (tertiary alicyclic amines) is 1. The summed E-state index contributed by atoms with van der Waals surface area (Å²) >= 11 is 0. The number of sulfone groups is 1. The van der Waals surface area contributed by atoms with Crippen LogP contribution in [0.2, 0.25) is 0 Å². The van der Waals surface area contributed by atoms with Gasteiger partial charge >= 0.3 is 11.9 Å². The summed E-state index contributed by atoms with van der Waals surface area (Å²) in [5, 5.41) is 2.62. The van der Waals surface area contributed by atoms with Crippen LogP contribution in [-0.2, 0) is 45.1 Å². The van der Waals surface area contributed by atoms with E-state index in [9.17, 15) is 27.6 Å². The van der Waals surface area contributed by atoms with Crippen molar-refractivity contribution in [3.63, 3.8) is 0 Å². The van der Waals surface area contributed by atoms with Gasteiger partial charge in [-0.1, -0.05) is 57.0 Å². The van der Waals surface area contributed by atoms with Crippen molar-refractivity contribution in [3.8, 4) is 0 Å². The number of hydrogen-bond donors (Lipinski definition) is 1. The average Bonchev–Trinajstić information content (AvgIpc) is 2.80. The molecule has 1 aromatic rings. The molecule has 2 rings (SSSR count). The van der Waals surface area contributed by atoms with E-state index in [-0.39, 0.29) is 19.1 Å². The third-order valence-corrected chi connectivity index (χ3v) is 7.75. The zero-order valence-electron chi connectivity index (χ0n) is 23.6. The van der Waals surface area contributed by atoms with Crippen molar-refractivity contribution >= 4 is 33.6 Å². The molecule has 0 aliphatic carbocycles. The summed E-state index contributed by atoms with van der Waals surface area (Å²) in [5.41, 5.74) is -0.0894. The number of esters is 2. The maximum atomic E-state index is 13.5. The van der Waals surface area contributed by atoms with Gasteiger partial charge in [0.2, 0.25) is 11.8 Å². The van der Waals surface area contributed by atoms with Crippen molar-refractivity contribution in [3.05, 3.63) is 35.9 Å². The van der Waals surface area contributed by atoms with Gasteiger partial charge in [-0.3, -0.25) is 14.4 Å². The Labute approximate surface area is 231 Å². The Morgan fingerprint density at radius 3 is 2.18 bits per heavy atom. The highest BCUT2D eigenvalue weighted by Gasteiger charge is 2.43. The molecule has 1 aliphatic rings. The number of carbonyl (C=O) groups is 4. The molecular formula is C28H42N2O8S. The minimum Gasteiger partial charge on any atom is -0.459 e. The normalized spacial score (nSPS) is 16.3. The quantitative estimate of drug-likeness (QED) is 0.340. The van der Waals surface area contributed by atoms with E-state index in [0.29, 0.717) is 19.3 Å². The molecule has 2 amide bonds. The molecule has 0 spiro atoms. The Hall–Kier alpha value is -2.95. The fourth-order valence-corrected chi connectivity index (χ4v) is 5.62. The lowest BCUT2D eigenvalue weighted by atomic mass is 9.96. The summed E-state index contributed by atoms with van der Waals surface area (Å²) in [5.74, 6) is -4.77. The number of amides is 2. The predicted molar refractivity (Wildman–Crippen MR) is 146 cm³/mol. The van der Waals surface area contributed by atoms with E-state index in [1.807, 2.05) is 32.0 Å². The van der Waals surface area contributed by atoms with Crippen LogP contribution in [0.25, 0.3) is 0 Å². The number of nitrogens with one attached hydrogen (secondary N) is 1. The van der Waals surface area contributed by atoms with Crippen molar-refractivity contribution in [1.82, 2.24) is 10.2 Å². The fraction of sp³-hybridized carbons (Fsp3) is 0.643. The van der Waals surface area contributed by atoms with Gasteiger partial charge in [0, 0.05) is 12.5 Å². The number of ether oxygens (including phenoxy) is 2. The zero-order chi connectivity index (χ0) is 29.2. The molecule has 1 aromatic carbocycles. The first-order valence-corrected chi connectivity index (χ1v) is 15.3. The molecule has 1 fully saturated rings. The maximum Gasteiger partial charge on any atom is 0.329 e. The highest BCUT2D eigenvalue weighted by atomic mass is 32.2. The summed E-state index contributed by atoms with van der Waals surface area (Å²) in [6, 6.07) is 6.76. The van der Waals surface area contributed by atoms with Crippen LogP contribution in [0.3, 0.4) is 0 Å². The molecule has 1 aliphatic heterocycles. The smallest absolute Gasteiger partial charge is 0.329 e. The van der Waals surface area contributed by atoms with Gasteiger partial charge in [0.1, 0.15) is 30.0 Å². The first-order valence-electron chi connectivity index (χ1n) is 13.5. The first-order chi connectivity index (χ1) is 18.3. The Morgan fingerprint density at radius 2 is 1.67 bits per heavy atom. The van der Waals surface area contributed by atoms with Gasteiger partial charge in [-0.25, -0.2) is 13.2 Å². The van der Waals surface area contributed by atoms with Gasteiger partial charge in [-0.15, -0.1) is 0 Å². The molecule has 1 saturated heterocycles. The topological polar surface area (TPSA) is 136 Å². The minimum atomic E-state index is -4.15. The second-order valence-electron chi connectivity index (χ2n) is 10.9. The Balaban J connectivity index is 2.18. The summed E-state index contributed by atoms with van der Waals surface area (Å²) in [7, 11) is -4.15. The van der Waals surface area contributed by atoms with Crippen LogP contribution in [-0.4, -0.2) is 72.8 Å². The molecule has 0 aromatic heterocycles. The molecule has 0 bridgehead atoms. The molecule has 218 valence electrons. The van der Waals surface area contributed by atoms with Gasteiger partial charge in [-0.2, -0.15) is 0 Å². The molecule has 39 heavy (non-hydrogen) atoms. The summed E-state index contributed by atoms with van der Waals surface area (Å²) in [6.07, 6.45) is 3.02. The monoisotopic (exact) mass is 566 g/mol. The van der Waals surface area contributed by atoms with E-state index in [1.54, 1.807) is 32.9 Å². The van der Waals surface area contributed by atoms with Crippen molar-refractivity contribution in [2.75, 3.05) is 18.1 Å². The fourth-order valence-electron chi connectivity index (χ4n) is 4.35. The van der Waals surface area contributed by atoms with Crippen LogP contribution < -0.4 is 5.32 Å². The van der Waals surface area contributed by atoms with E-state index >= 15 is 0 Å². The number of carbonyl (C=O) groups excluding carboxylic acids is 4. The largest absolute Gasteiger partial charge is 0.459 e. The lowest BCUT2D eigenvalue weighted by Crippen LogP contribution is -2.62. The number of hydrogen-bond acceptors (Lipinski definition) is 8. The van der Waals surface area contributed by atoms with Gasteiger partial charge in [0.05, 0.1) is 5.75 Å². The number of rotatable bonds is 14. The SMILES string of the molecule is CCCC(CCC)C(=O)NC(CS(=O)(=O)CC(=O)OC(C)(C)C)C(=O)N1CCC1C(=O)OCc1ccccc1. The molecule has 11 heteroatoms. The van der Waals surface area contributed by atoms with Gasteiger partial charge in [0.25, 0.3) is 0 Å². The van der Waals surface area contributed by atoms with Crippen LogP contribution in [0.1, 0.15) is 72.3 Å². The van der Waals surface area contributed by atoms with Crippen molar-refractivity contribution < 1.29 is 37.1 Å². The van der Waals surface area contributed by atoms with Gasteiger partial charge < -0.3 is 19.7 Å². The van der Waals surface area contributed by atoms with Crippen LogP contribution in [0.15, 0.2) is 30.3 Å². The average molecular weight is 567 g/mol. The van der Waals surface area contributed by atoms with Crippen LogP contribution >= 0.6 is 0 Å². The Kier molecular flexibility index (Phi) is 11.9. The molecule has 1 N–H and O–H groups in total. The number of nitrogens with zero attached hydrogens (tertiary/aromatic N) is 1. The van der Waals surface area contributed by atoms with E-state index in [1.165, 1.54) is 4.90 Å². The molecule has 2 unspecified atom stereocenters. The van der Waals surface area contributed by atoms with E-state index < -0.39 is 62.8 Å². The maximum absolute atomic E-state index is 13.5. The van der Waals surface area contributed by atoms with Crippen LogP contribution in [0.5, 0.6) is 0 Å². The second kappa shape index (κ2) is 14.4. The van der Waals surface area contributed by atoms with E-state index in [2.05, 4.69) is 5.32 Å². The van der Waals surface area contributed by atoms with Crippen molar-refractivity contribution in [2.24, 2.45) is 5.92 Å². The van der Waals surface area contributed by atoms with Crippen molar-refractivity contribution in [1.29, 1.82) is 0 Å². The number of benzene rings is 1. The minimum absolute atomic E-state index is 0.0400. The van der Waals surface area contributed by atoms with Crippen LogP contribution in [0, 0.1) is 5.92 Å². The molecule has 0 radical (unpaired) electrons. The molecule has 1 heterocycles. The third-order valence-electron chi connectivity index (χ3n) is 6.24. The highest BCUT2D eigenvalue weighted by Crippen LogP contribution is 2.22.